The summed E-state index contributed by atoms with van der Waals surface area (Å²) in [5, 5.41) is 4.36. The Morgan fingerprint density at radius 2 is 1.88 bits per heavy atom. The van der Waals surface area contributed by atoms with E-state index in [2.05, 4.69) is 40.5 Å². The number of anilines is 1. The molecule has 2 aromatic rings. The number of hydrogen-bond acceptors (Lipinski definition) is 3. The van der Waals surface area contributed by atoms with Crippen molar-refractivity contribution in [1.29, 1.82) is 0 Å². The van der Waals surface area contributed by atoms with Gasteiger partial charge in [0.05, 0.1) is 12.3 Å². The minimum absolute atomic E-state index is 0.467. The average Bonchev–Trinajstić information content (AvgIpc) is 2.60. The zero-order chi connectivity index (χ0) is 16.8. The first-order chi connectivity index (χ1) is 11.7. The molecule has 1 heterocycles. The molecule has 0 amide bonds. The standard InChI is InChI=1S/C20H25ClN2O/c1-2-24-20-9-8-17(21)14-19(20)22-18-10-12-23(13-11-18)15-16-6-4-3-5-7-16/h3-9,14,18,22H,2,10-13,15H2,1H3. The fourth-order valence-electron chi connectivity index (χ4n) is 3.19. The van der Waals surface area contributed by atoms with Gasteiger partial charge in [0.2, 0.25) is 0 Å². The quantitative estimate of drug-likeness (QED) is 0.813. The maximum atomic E-state index is 6.14. The molecule has 0 aromatic heterocycles. The minimum atomic E-state index is 0.467. The number of halogens is 1. The maximum absolute atomic E-state index is 6.14. The third-order valence-electron chi connectivity index (χ3n) is 4.44. The number of hydrogen-bond donors (Lipinski definition) is 1. The summed E-state index contributed by atoms with van der Waals surface area (Å²) in [4.78, 5) is 2.52. The van der Waals surface area contributed by atoms with Gasteiger partial charge in [-0.3, -0.25) is 4.90 Å². The predicted octanol–water partition coefficient (Wildman–Crippen LogP) is 4.82. The van der Waals surface area contributed by atoms with Crippen molar-refractivity contribution in [2.24, 2.45) is 0 Å². The van der Waals surface area contributed by atoms with Crippen molar-refractivity contribution >= 4 is 17.3 Å². The SMILES string of the molecule is CCOc1ccc(Cl)cc1NC1CCN(Cc2ccccc2)CC1. The molecule has 1 aliphatic heterocycles. The second-order valence-electron chi connectivity index (χ2n) is 6.25. The number of ether oxygens (including phenoxy) is 1. The van der Waals surface area contributed by atoms with Crippen LogP contribution in [0.3, 0.4) is 0 Å². The Balaban J connectivity index is 1.55. The highest BCUT2D eigenvalue weighted by Crippen LogP contribution is 2.30. The molecular formula is C20H25ClN2O. The lowest BCUT2D eigenvalue weighted by Gasteiger charge is -2.33. The summed E-state index contributed by atoms with van der Waals surface area (Å²) < 4.78 is 5.70. The van der Waals surface area contributed by atoms with Gasteiger partial charge < -0.3 is 10.1 Å². The van der Waals surface area contributed by atoms with E-state index in [0.717, 1.165) is 48.9 Å². The van der Waals surface area contributed by atoms with Gasteiger partial charge >= 0.3 is 0 Å². The lowest BCUT2D eigenvalue weighted by molar-refractivity contribution is 0.211. The maximum Gasteiger partial charge on any atom is 0.142 e. The summed E-state index contributed by atoms with van der Waals surface area (Å²) in [6, 6.07) is 16.9. The zero-order valence-corrected chi connectivity index (χ0v) is 14.9. The molecule has 2 aromatic carbocycles. The Kier molecular flexibility index (Phi) is 6.00. The van der Waals surface area contributed by atoms with E-state index >= 15 is 0 Å². The summed E-state index contributed by atoms with van der Waals surface area (Å²) in [5.74, 6) is 0.883. The monoisotopic (exact) mass is 344 g/mol. The molecule has 0 unspecified atom stereocenters. The first-order valence-corrected chi connectivity index (χ1v) is 9.07. The predicted molar refractivity (Wildman–Crippen MR) is 101 cm³/mol. The van der Waals surface area contributed by atoms with Gasteiger partial charge in [0.25, 0.3) is 0 Å². The highest BCUT2D eigenvalue weighted by molar-refractivity contribution is 6.30. The van der Waals surface area contributed by atoms with Crippen molar-refractivity contribution in [1.82, 2.24) is 4.90 Å². The van der Waals surface area contributed by atoms with Crippen LogP contribution in [0, 0.1) is 0 Å². The molecule has 1 fully saturated rings. The summed E-state index contributed by atoms with van der Waals surface area (Å²) >= 11 is 6.14. The lowest BCUT2D eigenvalue weighted by Crippen LogP contribution is -2.38. The van der Waals surface area contributed by atoms with Gasteiger partial charge in [-0.2, -0.15) is 0 Å². The normalized spacial score (nSPS) is 16.1. The van der Waals surface area contributed by atoms with E-state index in [-0.39, 0.29) is 0 Å². The van der Waals surface area contributed by atoms with E-state index < -0.39 is 0 Å². The highest BCUT2D eigenvalue weighted by Gasteiger charge is 2.20. The second kappa shape index (κ2) is 8.41. The molecule has 4 heteroatoms. The van der Waals surface area contributed by atoms with Gasteiger partial charge in [-0.1, -0.05) is 41.9 Å². The van der Waals surface area contributed by atoms with E-state index in [1.54, 1.807) is 0 Å². The zero-order valence-electron chi connectivity index (χ0n) is 14.2. The van der Waals surface area contributed by atoms with Crippen molar-refractivity contribution in [3.63, 3.8) is 0 Å². The fourth-order valence-corrected chi connectivity index (χ4v) is 3.37. The fraction of sp³-hybridized carbons (Fsp3) is 0.400. The van der Waals surface area contributed by atoms with Gasteiger partial charge in [0.15, 0.2) is 0 Å². The third-order valence-corrected chi connectivity index (χ3v) is 4.67. The van der Waals surface area contributed by atoms with E-state index in [0.29, 0.717) is 12.6 Å². The molecule has 1 saturated heterocycles. The van der Waals surface area contributed by atoms with Gasteiger partial charge in [-0.25, -0.2) is 0 Å². The lowest BCUT2D eigenvalue weighted by atomic mass is 10.0. The van der Waals surface area contributed by atoms with Crippen molar-refractivity contribution in [2.75, 3.05) is 25.0 Å². The Bertz CT molecular complexity index is 639. The molecule has 0 atom stereocenters. The van der Waals surface area contributed by atoms with Crippen LogP contribution in [0.15, 0.2) is 48.5 Å². The van der Waals surface area contributed by atoms with Crippen molar-refractivity contribution in [3.8, 4) is 5.75 Å². The molecule has 1 N–H and O–H groups in total. The van der Waals surface area contributed by atoms with Gasteiger partial charge in [0.1, 0.15) is 5.75 Å². The third kappa shape index (κ3) is 4.65. The molecule has 24 heavy (non-hydrogen) atoms. The topological polar surface area (TPSA) is 24.5 Å². The number of nitrogens with one attached hydrogen (secondary N) is 1. The van der Waals surface area contributed by atoms with E-state index in [9.17, 15) is 0 Å². The van der Waals surface area contributed by atoms with E-state index in [1.165, 1.54) is 5.56 Å². The molecule has 0 radical (unpaired) electrons. The Labute approximate surface area is 149 Å². The Morgan fingerprint density at radius 3 is 2.58 bits per heavy atom. The minimum Gasteiger partial charge on any atom is -0.492 e. The molecule has 3 nitrogen and oxygen atoms in total. The van der Waals surface area contributed by atoms with E-state index in [4.69, 9.17) is 16.3 Å². The van der Waals surface area contributed by atoms with Crippen LogP contribution in [0.2, 0.25) is 5.02 Å². The highest BCUT2D eigenvalue weighted by atomic mass is 35.5. The van der Waals surface area contributed by atoms with Crippen molar-refractivity contribution < 1.29 is 4.74 Å². The van der Waals surface area contributed by atoms with Crippen LogP contribution in [0.5, 0.6) is 5.75 Å². The Hall–Kier alpha value is -1.71. The molecule has 3 rings (SSSR count). The van der Waals surface area contributed by atoms with Crippen LogP contribution in [0.25, 0.3) is 0 Å². The number of benzene rings is 2. The van der Waals surface area contributed by atoms with Crippen molar-refractivity contribution in [2.45, 2.75) is 32.4 Å². The molecule has 0 saturated carbocycles. The van der Waals surface area contributed by atoms with Crippen LogP contribution in [0.4, 0.5) is 5.69 Å². The molecule has 1 aliphatic rings. The van der Waals surface area contributed by atoms with Gasteiger partial charge in [0, 0.05) is 30.7 Å². The van der Waals surface area contributed by atoms with Crippen LogP contribution in [0.1, 0.15) is 25.3 Å². The van der Waals surface area contributed by atoms with Crippen LogP contribution < -0.4 is 10.1 Å². The average molecular weight is 345 g/mol. The van der Waals surface area contributed by atoms with E-state index in [1.807, 2.05) is 25.1 Å². The number of piperidine rings is 1. The Morgan fingerprint density at radius 1 is 1.12 bits per heavy atom. The van der Waals surface area contributed by atoms with Gasteiger partial charge in [-0.15, -0.1) is 0 Å². The number of rotatable bonds is 6. The van der Waals surface area contributed by atoms with Gasteiger partial charge in [-0.05, 0) is 43.5 Å². The smallest absolute Gasteiger partial charge is 0.142 e. The summed E-state index contributed by atoms with van der Waals surface area (Å²) in [6.45, 7) is 5.91. The molecule has 0 bridgehead atoms. The second-order valence-corrected chi connectivity index (χ2v) is 6.69. The van der Waals surface area contributed by atoms with Crippen LogP contribution >= 0.6 is 11.6 Å². The summed E-state index contributed by atoms with van der Waals surface area (Å²) in [5.41, 5.74) is 2.39. The first-order valence-electron chi connectivity index (χ1n) is 8.70. The number of nitrogens with zero attached hydrogens (tertiary/aromatic N) is 1. The van der Waals surface area contributed by atoms with Crippen molar-refractivity contribution in [3.05, 3.63) is 59.1 Å². The summed E-state index contributed by atoms with van der Waals surface area (Å²) in [7, 11) is 0. The first kappa shape index (κ1) is 17.1. The molecule has 128 valence electrons. The van der Waals surface area contributed by atoms with Crippen LogP contribution in [-0.4, -0.2) is 30.6 Å². The number of likely N-dealkylation sites (tertiary alicyclic amines) is 1. The molecule has 0 aliphatic carbocycles. The summed E-state index contributed by atoms with van der Waals surface area (Å²) in [6.07, 6.45) is 2.26. The molecule has 0 spiro atoms. The largest absolute Gasteiger partial charge is 0.492 e. The molecular weight excluding hydrogens is 320 g/mol. The van der Waals surface area contributed by atoms with Crippen LogP contribution in [-0.2, 0) is 6.54 Å².